The first-order valence-corrected chi connectivity index (χ1v) is 12.3. The summed E-state index contributed by atoms with van der Waals surface area (Å²) in [6, 6.07) is 5.62. The lowest BCUT2D eigenvalue weighted by molar-refractivity contribution is -0.996. The van der Waals surface area contributed by atoms with Gasteiger partial charge < -0.3 is 39.8 Å². The predicted octanol–water partition coefficient (Wildman–Crippen LogP) is -2.63. The van der Waals surface area contributed by atoms with Crippen molar-refractivity contribution in [1.29, 1.82) is 0 Å². The van der Waals surface area contributed by atoms with Crippen LogP contribution in [0.15, 0.2) is 36.4 Å². The van der Waals surface area contributed by atoms with Gasteiger partial charge in [-0.1, -0.05) is 0 Å². The van der Waals surface area contributed by atoms with Crippen molar-refractivity contribution in [1.82, 2.24) is 0 Å². The van der Waals surface area contributed by atoms with E-state index in [4.69, 9.17) is 18.9 Å². The lowest BCUT2D eigenvalue weighted by Gasteiger charge is -2.46. The third kappa shape index (κ3) is 7.19. The van der Waals surface area contributed by atoms with Gasteiger partial charge in [0.2, 0.25) is 5.79 Å². The van der Waals surface area contributed by atoms with E-state index in [9.17, 15) is 51.2 Å². The number of rotatable bonds is 8. The van der Waals surface area contributed by atoms with Gasteiger partial charge in [0.25, 0.3) is 0 Å². The van der Waals surface area contributed by atoms with Gasteiger partial charge in [0.15, 0.2) is 28.9 Å². The van der Waals surface area contributed by atoms with Crippen LogP contribution in [0, 0.1) is 20.8 Å². The summed E-state index contributed by atoms with van der Waals surface area (Å²) >= 11 is 0. The van der Waals surface area contributed by atoms with Crippen molar-refractivity contribution in [3.8, 4) is 0 Å². The Hall–Kier alpha value is -3.18. The molecular weight excluding hydrogens is 556 g/mol. The molecule has 41 heavy (non-hydrogen) atoms. The zero-order valence-corrected chi connectivity index (χ0v) is 21.2. The molecule has 2 aliphatic heterocycles. The standard InChI is InChI=1S/C23H28N4O14/c28-21(13-5-15(24(30)31)9-16(6-13)25(32)33)40-19-11-20(23(39-12-19)3-1-2-4-38-23)41-22(29)14-7-17(26(34)35)10-18(8-14)27(36)37/h5-10,19-20,24-27,30,32,34,36H,1-4,11-12H2/t19-,20-,23+/m1/s1. The molecule has 2 aromatic rings. The Morgan fingerprint density at radius 1 is 0.732 bits per heavy atom. The molecular formula is C23H28N4O14. The smallest absolute Gasteiger partial charge is 0.339 e. The molecule has 224 valence electrons. The van der Waals surface area contributed by atoms with E-state index < -0.39 is 73.6 Å². The van der Waals surface area contributed by atoms with Crippen LogP contribution in [0.4, 0.5) is 22.7 Å². The second-order valence-electron chi connectivity index (χ2n) is 9.40. The molecule has 2 aromatic carbocycles. The van der Waals surface area contributed by atoms with Gasteiger partial charge in [0.05, 0.1) is 36.5 Å². The highest BCUT2D eigenvalue weighted by atomic mass is 16.8. The van der Waals surface area contributed by atoms with Crippen molar-refractivity contribution in [2.45, 2.75) is 43.7 Å². The van der Waals surface area contributed by atoms with E-state index in [2.05, 4.69) is 0 Å². The van der Waals surface area contributed by atoms with E-state index in [0.29, 0.717) is 19.3 Å². The number of benzene rings is 2. The maximum Gasteiger partial charge on any atom is 0.339 e. The maximum atomic E-state index is 13.1. The van der Waals surface area contributed by atoms with Gasteiger partial charge in [0.1, 0.15) is 6.10 Å². The Bertz CT molecular complexity index is 1200. The zero-order chi connectivity index (χ0) is 29.9. The van der Waals surface area contributed by atoms with Crippen LogP contribution in [-0.4, -0.2) is 64.0 Å². The Kier molecular flexibility index (Phi) is 9.59. The molecule has 2 fully saturated rings. The molecule has 0 amide bonds. The molecule has 1 spiro atoms. The second kappa shape index (κ2) is 12.8. The van der Waals surface area contributed by atoms with E-state index in [-0.39, 0.29) is 30.8 Å². The second-order valence-corrected chi connectivity index (χ2v) is 9.40. The predicted molar refractivity (Wildman–Crippen MR) is 127 cm³/mol. The lowest BCUT2D eigenvalue weighted by Crippen LogP contribution is -3.00. The number of nitrogens with one attached hydrogen (secondary N) is 4. The SMILES string of the molecule is O=C(O[C@H]1CO[C@@]2(CCCCO2)[C@H](OC(=O)c2cc([NH+]([O-])O)cc([NH+]([O-])O)c2)C1)c1cc([NH+]([O-])O)cc([NH+]([O-])O)c1. The largest absolute Gasteiger partial charge is 0.595 e. The van der Waals surface area contributed by atoms with E-state index in [1.54, 1.807) is 0 Å². The maximum absolute atomic E-state index is 13.1. The van der Waals surface area contributed by atoms with Crippen LogP contribution >= 0.6 is 0 Å². The molecule has 18 heteroatoms. The van der Waals surface area contributed by atoms with Crippen LogP contribution in [0.3, 0.4) is 0 Å². The molecule has 4 rings (SSSR count). The van der Waals surface area contributed by atoms with Gasteiger partial charge in [-0.25, -0.2) is 30.4 Å². The fourth-order valence-corrected chi connectivity index (χ4v) is 4.59. The van der Waals surface area contributed by atoms with Crippen LogP contribution in [0.25, 0.3) is 0 Å². The summed E-state index contributed by atoms with van der Waals surface area (Å²) in [5, 5.41) is 77.1. The quantitative estimate of drug-likeness (QED) is 0.117. The lowest BCUT2D eigenvalue weighted by atomic mass is 9.93. The molecule has 0 radical (unpaired) electrons. The van der Waals surface area contributed by atoms with Crippen LogP contribution in [0.1, 0.15) is 46.4 Å². The van der Waals surface area contributed by atoms with Gasteiger partial charge >= 0.3 is 11.9 Å². The minimum Gasteiger partial charge on any atom is -0.595 e. The molecule has 2 aliphatic rings. The average molecular weight is 584 g/mol. The summed E-state index contributed by atoms with van der Waals surface area (Å²) in [5.74, 6) is -3.52. The molecule has 4 unspecified atom stereocenters. The molecule has 7 atom stereocenters. The van der Waals surface area contributed by atoms with Crippen LogP contribution in [0.2, 0.25) is 0 Å². The summed E-state index contributed by atoms with van der Waals surface area (Å²) in [7, 11) is 0. The summed E-state index contributed by atoms with van der Waals surface area (Å²) in [4.78, 5) is 26.0. The summed E-state index contributed by atoms with van der Waals surface area (Å²) < 4.78 is 22.8. The van der Waals surface area contributed by atoms with Crippen LogP contribution in [-0.2, 0) is 18.9 Å². The van der Waals surface area contributed by atoms with Crippen LogP contribution < -0.4 is 20.9 Å². The first kappa shape index (κ1) is 30.8. The summed E-state index contributed by atoms with van der Waals surface area (Å²) in [6.45, 7) is 0.0813. The normalized spacial score (nSPS) is 25.7. The molecule has 18 nitrogen and oxygen atoms in total. The fourth-order valence-electron chi connectivity index (χ4n) is 4.59. The minimum absolute atomic E-state index is 0.147. The van der Waals surface area contributed by atoms with Gasteiger partial charge in [-0.3, -0.25) is 0 Å². The van der Waals surface area contributed by atoms with Crippen LogP contribution in [0.5, 0.6) is 0 Å². The van der Waals surface area contributed by atoms with Gasteiger partial charge in [-0.15, -0.1) is 0 Å². The Morgan fingerprint density at radius 3 is 1.61 bits per heavy atom. The van der Waals surface area contributed by atoms with E-state index >= 15 is 0 Å². The van der Waals surface area contributed by atoms with Crippen molar-refractivity contribution >= 4 is 34.7 Å². The molecule has 0 bridgehead atoms. The topological polar surface area (TPSA) is 262 Å². The van der Waals surface area contributed by atoms with E-state index in [0.717, 1.165) is 36.4 Å². The van der Waals surface area contributed by atoms with Crippen molar-refractivity contribution in [3.63, 3.8) is 0 Å². The Morgan fingerprint density at radius 2 is 1.20 bits per heavy atom. The van der Waals surface area contributed by atoms with Crippen molar-refractivity contribution in [2.75, 3.05) is 13.2 Å². The molecule has 0 aliphatic carbocycles. The van der Waals surface area contributed by atoms with Gasteiger partial charge in [-0.2, -0.15) is 20.9 Å². The molecule has 2 saturated heterocycles. The van der Waals surface area contributed by atoms with Gasteiger partial charge in [-0.05, 0) is 12.8 Å². The average Bonchev–Trinajstić information content (AvgIpc) is 2.94. The molecule has 2 heterocycles. The monoisotopic (exact) mass is 584 g/mol. The Balaban J connectivity index is 1.56. The number of carbonyl (C=O) groups excluding carboxylic acids is 2. The van der Waals surface area contributed by atoms with Crippen molar-refractivity contribution in [3.05, 3.63) is 68.4 Å². The highest BCUT2D eigenvalue weighted by Crippen LogP contribution is 2.38. The Labute approximate surface area is 230 Å². The summed E-state index contributed by atoms with van der Waals surface area (Å²) in [6.07, 6.45) is -0.702. The third-order valence-electron chi connectivity index (χ3n) is 6.60. The number of ether oxygens (including phenoxy) is 4. The first-order valence-electron chi connectivity index (χ1n) is 12.3. The molecule has 0 aromatic heterocycles. The molecule has 0 saturated carbocycles. The zero-order valence-electron chi connectivity index (χ0n) is 21.2. The highest BCUT2D eigenvalue weighted by molar-refractivity contribution is 5.92. The number of hydrogen-bond acceptors (Lipinski definition) is 14. The summed E-state index contributed by atoms with van der Waals surface area (Å²) in [5.41, 5.74) is -2.46. The number of quaternary nitrogens is 4. The number of esters is 2. The minimum atomic E-state index is -1.46. The highest BCUT2D eigenvalue weighted by Gasteiger charge is 2.50. The third-order valence-corrected chi connectivity index (χ3v) is 6.60. The number of carbonyl (C=O) groups is 2. The van der Waals surface area contributed by atoms with Crippen molar-refractivity contribution in [2.24, 2.45) is 0 Å². The van der Waals surface area contributed by atoms with Gasteiger partial charge in [0, 0.05) is 37.1 Å². The van der Waals surface area contributed by atoms with E-state index in [1.165, 1.54) is 0 Å². The first-order chi connectivity index (χ1) is 19.4. The fraction of sp³-hybridized carbons (Fsp3) is 0.391. The van der Waals surface area contributed by atoms with E-state index in [1.807, 2.05) is 0 Å². The van der Waals surface area contributed by atoms with Crippen molar-refractivity contribution < 1.29 is 70.3 Å². The number of hydrogen-bond donors (Lipinski definition) is 8. The molecule has 8 N–H and O–H groups in total.